The summed E-state index contributed by atoms with van der Waals surface area (Å²) in [6, 6.07) is 33.9. The first-order valence-corrected chi connectivity index (χ1v) is 14.1. The standard InChI is InChI=1S/C36H20F4N4/c37-27-13-9-21(10-14-27)33-29-17-23-5-1-3-7-25(23)19-31(29)35-41-36-32-20-26-8-4-2-6-24(26)18-30(32)34(22-11-15-28(38)16-12-22)43(36)44(39,40)42(33)35/h1-20H/q+2. The van der Waals surface area contributed by atoms with Crippen LogP contribution in [0.4, 0.5) is 23.6 Å². The summed E-state index contributed by atoms with van der Waals surface area (Å²) < 4.78 is 64.8. The number of hydrogen-bond donors (Lipinski definition) is 0. The Morgan fingerprint density at radius 1 is 0.568 bits per heavy atom. The maximum Gasteiger partial charge on any atom is 0.394 e. The molecule has 0 saturated heterocycles. The highest BCUT2D eigenvalue weighted by Gasteiger charge is 2.61. The van der Waals surface area contributed by atoms with Crippen LogP contribution in [-0.2, 0) is 0 Å². The molecule has 0 amide bonds. The van der Waals surface area contributed by atoms with Crippen molar-refractivity contribution in [3.63, 3.8) is 0 Å². The van der Waals surface area contributed by atoms with Crippen LogP contribution in [0, 0.1) is 11.6 Å². The van der Waals surface area contributed by atoms with Crippen molar-refractivity contribution >= 4 is 49.7 Å². The Labute approximate surface area is 247 Å². The highest BCUT2D eigenvalue weighted by atomic mass is 19.4. The lowest BCUT2D eigenvalue weighted by Crippen LogP contribution is -2.56. The maximum absolute atomic E-state index is 17.5. The number of aliphatic imine (C=N–C) groups is 1. The Morgan fingerprint density at radius 2 is 1.07 bits per heavy atom. The molecule has 0 aliphatic carbocycles. The number of halogens is 4. The van der Waals surface area contributed by atoms with E-state index < -0.39 is 16.8 Å². The second kappa shape index (κ2) is 8.72. The minimum atomic E-state index is -2.75. The monoisotopic (exact) mass is 584 g/mol. The van der Waals surface area contributed by atoms with E-state index in [1.54, 1.807) is 0 Å². The molecule has 210 valence electrons. The van der Waals surface area contributed by atoms with Gasteiger partial charge in [0.25, 0.3) is 0 Å². The van der Waals surface area contributed by atoms with E-state index in [-0.39, 0.29) is 23.1 Å². The SMILES string of the molecule is Fc1ccc(C2=[N+]3C(=Nc4c5cc6ccccc6cc5c(-c5ccc(F)cc5)n4[N+]3(F)F)c3cc4ccccc4cc32)cc1. The number of rotatable bonds is 2. The lowest BCUT2D eigenvalue weighted by molar-refractivity contribution is -0.735. The first kappa shape index (κ1) is 24.9. The summed E-state index contributed by atoms with van der Waals surface area (Å²) >= 11 is 0. The number of hydrogen-bond acceptors (Lipinski definition) is 1. The molecule has 0 spiro atoms. The molecule has 3 heterocycles. The summed E-state index contributed by atoms with van der Waals surface area (Å²) in [7, 11) is 0. The van der Waals surface area contributed by atoms with Crippen molar-refractivity contribution in [1.82, 2.24) is 9.82 Å². The highest BCUT2D eigenvalue weighted by molar-refractivity contribution is 6.24. The van der Waals surface area contributed by atoms with Crippen molar-refractivity contribution in [2.45, 2.75) is 0 Å². The molecule has 6 aromatic carbocycles. The van der Waals surface area contributed by atoms with Crippen LogP contribution in [0.5, 0.6) is 0 Å². The summed E-state index contributed by atoms with van der Waals surface area (Å²) in [6.07, 6.45) is 0. The van der Waals surface area contributed by atoms with Gasteiger partial charge in [0.1, 0.15) is 26.3 Å². The average Bonchev–Trinajstić information content (AvgIpc) is 3.53. The number of fused-ring (bicyclic) bond motifs is 8. The van der Waals surface area contributed by atoms with Gasteiger partial charge in [0.15, 0.2) is 0 Å². The minimum absolute atomic E-state index is 0.0841. The lowest BCUT2D eigenvalue weighted by atomic mass is 9.96. The van der Waals surface area contributed by atoms with E-state index >= 15 is 8.96 Å². The first-order chi connectivity index (χ1) is 21.4. The van der Waals surface area contributed by atoms with Gasteiger partial charge < -0.3 is 0 Å². The average molecular weight is 585 g/mol. The zero-order chi connectivity index (χ0) is 29.7. The van der Waals surface area contributed by atoms with Crippen LogP contribution >= 0.6 is 0 Å². The van der Waals surface area contributed by atoms with Gasteiger partial charge in [-0.2, -0.15) is 0 Å². The molecule has 0 bridgehead atoms. The fourth-order valence-corrected chi connectivity index (χ4v) is 6.56. The van der Waals surface area contributed by atoms with Gasteiger partial charge in [0.05, 0.1) is 15.6 Å². The van der Waals surface area contributed by atoms with Crippen molar-refractivity contribution in [2.75, 3.05) is 0 Å². The zero-order valence-electron chi connectivity index (χ0n) is 22.8. The van der Waals surface area contributed by atoms with E-state index in [0.29, 0.717) is 33.0 Å². The predicted octanol–water partition coefficient (Wildman–Crippen LogP) is 8.97. The van der Waals surface area contributed by atoms with Crippen LogP contribution in [0.25, 0.3) is 43.6 Å². The lowest BCUT2D eigenvalue weighted by Gasteiger charge is -2.18. The van der Waals surface area contributed by atoms with E-state index in [1.807, 2.05) is 72.8 Å². The number of quaternary nitrogens is 1. The molecule has 8 heteroatoms. The summed E-state index contributed by atoms with van der Waals surface area (Å²) in [5.41, 5.74) is 2.35. The molecule has 4 nitrogen and oxygen atoms in total. The van der Waals surface area contributed by atoms with Crippen molar-refractivity contribution in [3.8, 4) is 11.3 Å². The largest absolute Gasteiger partial charge is 0.394 e. The summed E-state index contributed by atoms with van der Waals surface area (Å²) in [5, 5.41) is 1.89. The van der Waals surface area contributed by atoms with Crippen molar-refractivity contribution in [2.24, 2.45) is 4.99 Å². The summed E-state index contributed by atoms with van der Waals surface area (Å²) in [4.78, 5) is 4.98. The van der Waals surface area contributed by atoms with Crippen molar-refractivity contribution in [3.05, 3.63) is 150 Å². The van der Waals surface area contributed by atoms with Crippen molar-refractivity contribution < 1.29 is 22.4 Å². The number of nitrogens with zero attached hydrogens (tertiary/aromatic N) is 4. The van der Waals surface area contributed by atoms with Crippen LogP contribution in [0.2, 0.25) is 0 Å². The van der Waals surface area contributed by atoms with E-state index in [4.69, 9.17) is 4.99 Å². The Hall–Kier alpha value is -5.60. The van der Waals surface area contributed by atoms with Crippen LogP contribution in [-0.4, -0.2) is 20.9 Å². The summed E-state index contributed by atoms with van der Waals surface area (Å²) in [6.45, 7) is 0. The van der Waals surface area contributed by atoms with Gasteiger partial charge in [0.2, 0.25) is 5.71 Å². The van der Waals surface area contributed by atoms with Gasteiger partial charge in [-0.3, -0.25) is 0 Å². The molecule has 2 aliphatic heterocycles. The molecule has 2 aliphatic rings. The van der Waals surface area contributed by atoms with Gasteiger partial charge in [-0.05, 0) is 104 Å². The fraction of sp³-hybridized carbons (Fsp3) is 0. The van der Waals surface area contributed by atoms with Gasteiger partial charge >= 0.3 is 16.8 Å². The molecule has 1 aromatic heterocycles. The van der Waals surface area contributed by atoms with Crippen LogP contribution in [0.3, 0.4) is 0 Å². The third kappa shape index (κ3) is 3.37. The molecule has 0 radical (unpaired) electrons. The smallest absolute Gasteiger partial charge is 0.207 e. The zero-order valence-corrected chi connectivity index (χ0v) is 22.8. The number of amidine groups is 1. The number of benzene rings is 6. The maximum atomic E-state index is 17.5. The van der Waals surface area contributed by atoms with E-state index in [2.05, 4.69) is 0 Å². The third-order valence-electron chi connectivity index (χ3n) is 8.52. The Morgan fingerprint density at radius 3 is 1.66 bits per heavy atom. The Bertz CT molecular complexity index is 2420. The van der Waals surface area contributed by atoms with Crippen LogP contribution in [0.15, 0.2) is 126 Å². The first-order valence-electron chi connectivity index (χ1n) is 14.1. The normalized spacial score (nSPS) is 15.0. The molecule has 7 aromatic rings. The Kier molecular flexibility index (Phi) is 4.94. The molecule has 44 heavy (non-hydrogen) atoms. The number of aromatic nitrogens is 1. The van der Waals surface area contributed by atoms with E-state index in [9.17, 15) is 8.78 Å². The molecule has 0 atom stereocenters. The van der Waals surface area contributed by atoms with E-state index in [1.165, 1.54) is 48.5 Å². The van der Waals surface area contributed by atoms with Gasteiger partial charge in [0, 0.05) is 22.1 Å². The predicted molar refractivity (Wildman–Crippen MR) is 165 cm³/mol. The van der Waals surface area contributed by atoms with Crippen LogP contribution < -0.4 is 5.15 Å². The molecule has 0 saturated carbocycles. The quantitative estimate of drug-likeness (QED) is 0.110. The second-order valence-corrected chi connectivity index (χ2v) is 11.0. The minimum Gasteiger partial charge on any atom is -0.207 e. The Balaban J connectivity index is 1.45. The van der Waals surface area contributed by atoms with Gasteiger partial charge in [-0.25, -0.2) is 8.78 Å². The molecular weight excluding hydrogens is 564 g/mol. The van der Waals surface area contributed by atoms with Gasteiger partial charge in [-0.15, -0.1) is 0 Å². The molecule has 0 N–H and O–H groups in total. The van der Waals surface area contributed by atoms with E-state index in [0.717, 1.165) is 30.9 Å². The molecular formula is C36H20F4N4+2. The molecule has 0 fully saturated rings. The van der Waals surface area contributed by atoms with Crippen LogP contribution in [0.1, 0.15) is 16.7 Å². The molecule has 0 unspecified atom stereocenters. The van der Waals surface area contributed by atoms with Crippen molar-refractivity contribution in [1.29, 1.82) is 0 Å². The fourth-order valence-electron chi connectivity index (χ4n) is 6.56. The summed E-state index contributed by atoms with van der Waals surface area (Å²) in [5.74, 6) is -0.768. The topological polar surface area (TPSA) is 20.3 Å². The molecule has 9 rings (SSSR count). The van der Waals surface area contributed by atoms with Gasteiger partial charge in [-0.1, -0.05) is 48.5 Å². The second-order valence-electron chi connectivity index (χ2n) is 11.0. The highest BCUT2D eigenvalue weighted by Crippen LogP contribution is 2.46. The third-order valence-corrected chi connectivity index (χ3v) is 8.52.